The molecule has 2 amide bonds. The second-order valence-corrected chi connectivity index (χ2v) is 9.75. The number of rotatable bonds is 8. The lowest BCUT2D eigenvalue weighted by Gasteiger charge is -2.31. The number of thiazole rings is 1. The fraction of sp³-hybridized carbons (Fsp3) is 0.385. The number of nitrogens with zero attached hydrogens (tertiary/aromatic N) is 4. The van der Waals surface area contributed by atoms with Gasteiger partial charge in [-0.3, -0.25) is 14.6 Å². The maximum Gasteiger partial charge on any atom is 0.273 e. The van der Waals surface area contributed by atoms with Crippen LogP contribution in [0.4, 0.5) is 0 Å². The van der Waals surface area contributed by atoms with Crippen LogP contribution in [0.3, 0.4) is 0 Å². The summed E-state index contributed by atoms with van der Waals surface area (Å²) in [6.45, 7) is 4.62. The van der Waals surface area contributed by atoms with Gasteiger partial charge >= 0.3 is 0 Å². The SMILES string of the molecule is CCN(CCc1ccccn1)C(=O)c1csc(C2CCN(C(=O)Cc3ccccc3Cl)CC2)n1. The van der Waals surface area contributed by atoms with Crippen molar-refractivity contribution in [2.75, 3.05) is 26.2 Å². The fourth-order valence-electron chi connectivity index (χ4n) is 4.23. The van der Waals surface area contributed by atoms with Crippen LogP contribution in [-0.2, 0) is 17.6 Å². The molecule has 0 atom stereocenters. The van der Waals surface area contributed by atoms with Crippen molar-refractivity contribution in [1.29, 1.82) is 0 Å². The lowest BCUT2D eigenvalue weighted by molar-refractivity contribution is -0.131. The summed E-state index contributed by atoms with van der Waals surface area (Å²) in [5.74, 6) is 0.348. The molecule has 2 aromatic heterocycles. The fourth-order valence-corrected chi connectivity index (χ4v) is 5.39. The van der Waals surface area contributed by atoms with E-state index in [0.717, 1.165) is 35.5 Å². The van der Waals surface area contributed by atoms with Crippen molar-refractivity contribution in [2.45, 2.75) is 38.5 Å². The number of aromatic nitrogens is 2. The van der Waals surface area contributed by atoms with E-state index in [4.69, 9.17) is 16.6 Å². The molecule has 0 radical (unpaired) electrons. The van der Waals surface area contributed by atoms with E-state index in [1.54, 1.807) is 17.5 Å². The average Bonchev–Trinajstić information content (AvgIpc) is 3.37. The van der Waals surface area contributed by atoms with E-state index in [9.17, 15) is 9.59 Å². The highest BCUT2D eigenvalue weighted by Crippen LogP contribution is 2.31. The lowest BCUT2D eigenvalue weighted by Crippen LogP contribution is -2.38. The summed E-state index contributed by atoms with van der Waals surface area (Å²) >= 11 is 7.76. The molecule has 1 saturated heterocycles. The Kier molecular flexibility index (Phi) is 8.29. The normalized spacial score (nSPS) is 14.2. The highest BCUT2D eigenvalue weighted by atomic mass is 35.5. The van der Waals surface area contributed by atoms with Crippen LogP contribution >= 0.6 is 22.9 Å². The van der Waals surface area contributed by atoms with E-state index in [-0.39, 0.29) is 17.7 Å². The Hall–Kier alpha value is -2.77. The molecule has 0 saturated carbocycles. The number of pyridine rings is 1. The summed E-state index contributed by atoms with van der Waals surface area (Å²) < 4.78 is 0. The van der Waals surface area contributed by atoms with Crippen LogP contribution in [-0.4, -0.2) is 57.8 Å². The Bertz CT molecular complexity index is 1110. The number of halogens is 1. The quantitative estimate of drug-likeness (QED) is 0.447. The first-order chi connectivity index (χ1) is 16.5. The lowest BCUT2D eigenvalue weighted by atomic mass is 9.97. The van der Waals surface area contributed by atoms with E-state index in [1.807, 2.05) is 64.6 Å². The topological polar surface area (TPSA) is 66.4 Å². The molecule has 1 aliphatic rings. The van der Waals surface area contributed by atoms with Crippen molar-refractivity contribution in [3.8, 4) is 0 Å². The van der Waals surface area contributed by atoms with E-state index in [2.05, 4.69) is 4.98 Å². The summed E-state index contributed by atoms with van der Waals surface area (Å²) in [6.07, 6.45) is 4.53. The first-order valence-electron chi connectivity index (χ1n) is 11.7. The molecule has 8 heteroatoms. The summed E-state index contributed by atoms with van der Waals surface area (Å²) in [5, 5.41) is 3.49. The van der Waals surface area contributed by atoms with Gasteiger partial charge in [0.25, 0.3) is 5.91 Å². The summed E-state index contributed by atoms with van der Waals surface area (Å²) in [6, 6.07) is 13.3. The van der Waals surface area contributed by atoms with Gasteiger partial charge in [0.05, 0.1) is 11.4 Å². The molecule has 3 aromatic rings. The Morgan fingerprint density at radius 2 is 1.91 bits per heavy atom. The molecule has 0 bridgehead atoms. The maximum atomic E-state index is 13.0. The maximum absolute atomic E-state index is 13.0. The van der Waals surface area contributed by atoms with E-state index < -0.39 is 0 Å². The van der Waals surface area contributed by atoms with Crippen LogP contribution in [0.1, 0.15) is 52.4 Å². The average molecular weight is 497 g/mol. The molecule has 0 aliphatic carbocycles. The number of piperidine rings is 1. The second kappa shape index (κ2) is 11.6. The van der Waals surface area contributed by atoms with Crippen LogP contribution in [0.15, 0.2) is 54.0 Å². The van der Waals surface area contributed by atoms with Gasteiger partial charge in [-0.15, -0.1) is 11.3 Å². The number of hydrogen-bond donors (Lipinski definition) is 0. The van der Waals surface area contributed by atoms with Gasteiger partial charge in [-0.1, -0.05) is 35.9 Å². The number of likely N-dealkylation sites (tertiary alicyclic amines) is 1. The Morgan fingerprint density at radius 1 is 1.15 bits per heavy atom. The Labute approximate surface area is 209 Å². The first kappa shape index (κ1) is 24.4. The van der Waals surface area contributed by atoms with Gasteiger partial charge in [0.2, 0.25) is 5.91 Å². The Balaban J connectivity index is 1.30. The third kappa shape index (κ3) is 6.02. The third-order valence-corrected chi connectivity index (χ3v) is 7.65. The molecular weight excluding hydrogens is 468 g/mol. The van der Waals surface area contributed by atoms with Gasteiger partial charge < -0.3 is 9.80 Å². The largest absolute Gasteiger partial charge is 0.342 e. The van der Waals surface area contributed by atoms with Crippen LogP contribution in [0.2, 0.25) is 5.02 Å². The van der Waals surface area contributed by atoms with Crippen molar-refractivity contribution < 1.29 is 9.59 Å². The number of benzene rings is 1. The first-order valence-corrected chi connectivity index (χ1v) is 13.0. The van der Waals surface area contributed by atoms with E-state index in [0.29, 0.717) is 43.3 Å². The standard InChI is InChI=1S/C26H29ClN4O2S/c1-2-30(16-12-21-8-5-6-13-28-21)26(33)23-18-34-25(29-23)19-10-14-31(15-11-19)24(32)17-20-7-3-4-9-22(20)27/h3-9,13,18-19H,2,10-12,14-17H2,1H3. The molecule has 1 aliphatic heterocycles. The number of amides is 2. The zero-order valence-electron chi connectivity index (χ0n) is 19.3. The number of carbonyl (C=O) groups excluding carboxylic acids is 2. The smallest absolute Gasteiger partial charge is 0.273 e. The zero-order valence-corrected chi connectivity index (χ0v) is 20.9. The minimum absolute atomic E-state index is 0.0340. The molecule has 178 valence electrons. The number of likely N-dealkylation sites (N-methyl/N-ethyl adjacent to an activating group) is 1. The second-order valence-electron chi connectivity index (χ2n) is 8.45. The van der Waals surface area contributed by atoms with E-state index in [1.165, 1.54) is 0 Å². The summed E-state index contributed by atoms with van der Waals surface area (Å²) in [4.78, 5) is 38.5. The van der Waals surface area contributed by atoms with Crippen LogP contribution < -0.4 is 0 Å². The highest BCUT2D eigenvalue weighted by molar-refractivity contribution is 7.09. The highest BCUT2D eigenvalue weighted by Gasteiger charge is 2.27. The minimum Gasteiger partial charge on any atom is -0.342 e. The number of hydrogen-bond acceptors (Lipinski definition) is 5. The van der Waals surface area contributed by atoms with Crippen LogP contribution in [0.25, 0.3) is 0 Å². The van der Waals surface area contributed by atoms with Gasteiger partial charge in [-0.05, 0) is 43.5 Å². The van der Waals surface area contributed by atoms with Crippen LogP contribution in [0, 0.1) is 0 Å². The predicted molar refractivity (Wildman–Crippen MR) is 135 cm³/mol. The van der Waals surface area contributed by atoms with Gasteiger partial charge in [0, 0.05) is 60.8 Å². The van der Waals surface area contributed by atoms with Crippen molar-refractivity contribution in [2.24, 2.45) is 0 Å². The van der Waals surface area contributed by atoms with Gasteiger partial charge in [-0.2, -0.15) is 0 Å². The Morgan fingerprint density at radius 3 is 2.62 bits per heavy atom. The van der Waals surface area contributed by atoms with Crippen LogP contribution in [0.5, 0.6) is 0 Å². The van der Waals surface area contributed by atoms with Crippen molar-refractivity contribution in [3.63, 3.8) is 0 Å². The summed E-state index contributed by atoms with van der Waals surface area (Å²) in [5.41, 5.74) is 2.35. The third-order valence-electron chi connectivity index (χ3n) is 6.27. The van der Waals surface area contributed by atoms with Crippen molar-refractivity contribution in [1.82, 2.24) is 19.8 Å². The minimum atomic E-state index is -0.0340. The van der Waals surface area contributed by atoms with Gasteiger partial charge in [-0.25, -0.2) is 4.98 Å². The van der Waals surface area contributed by atoms with Gasteiger partial charge in [0.15, 0.2) is 0 Å². The molecule has 0 N–H and O–H groups in total. The molecule has 6 nitrogen and oxygen atoms in total. The molecule has 0 spiro atoms. The van der Waals surface area contributed by atoms with Gasteiger partial charge in [0.1, 0.15) is 5.69 Å². The number of carbonyl (C=O) groups is 2. The monoisotopic (exact) mass is 496 g/mol. The van der Waals surface area contributed by atoms with Crippen molar-refractivity contribution in [3.05, 3.63) is 81.0 Å². The molecule has 4 rings (SSSR count). The molecule has 1 aromatic carbocycles. The summed E-state index contributed by atoms with van der Waals surface area (Å²) in [7, 11) is 0. The molecular formula is C26H29ClN4O2S. The molecule has 34 heavy (non-hydrogen) atoms. The van der Waals surface area contributed by atoms with Crippen molar-refractivity contribution >= 4 is 34.8 Å². The molecule has 3 heterocycles. The zero-order chi connectivity index (χ0) is 23.9. The predicted octanol–water partition coefficient (Wildman–Crippen LogP) is 4.85. The van der Waals surface area contributed by atoms with E-state index >= 15 is 0 Å². The molecule has 0 unspecified atom stereocenters. The molecule has 1 fully saturated rings.